The number of rotatable bonds is 3. The largest absolute Gasteiger partial charge is 0.346 e. The Morgan fingerprint density at radius 1 is 1.16 bits per heavy atom. The van der Waals surface area contributed by atoms with E-state index < -0.39 is 0 Å². The Morgan fingerprint density at radius 2 is 1.92 bits per heavy atom. The Bertz CT molecular complexity index is 809. The lowest BCUT2D eigenvalue weighted by Gasteiger charge is -2.38. The molecule has 0 N–H and O–H groups in total. The van der Waals surface area contributed by atoms with Crippen LogP contribution in [0.5, 0.6) is 0 Å². The van der Waals surface area contributed by atoms with Gasteiger partial charge >= 0.3 is 0 Å². The number of fused-ring (bicyclic) bond motifs is 1. The quantitative estimate of drug-likeness (QED) is 0.838. The molecule has 3 heterocycles. The Labute approximate surface area is 152 Å². The summed E-state index contributed by atoms with van der Waals surface area (Å²) < 4.78 is 1.36. The van der Waals surface area contributed by atoms with Gasteiger partial charge in [-0.15, -0.1) is 10.2 Å². The lowest BCUT2D eigenvalue weighted by Crippen LogP contribution is -2.49. The van der Waals surface area contributed by atoms with Crippen LogP contribution in [0.1, 0.15) is 18.4 Å². The van der Waals surface area contributed by atoms with E-state index in [1.807, 2.05) is 6.07 Å². The summed E-state index contributed by atoms with van der Waals surface area (Å²) in [5, 5.41) is 8.17. The molecule has 0 aliphatic carbocycles. The first kappa shape index (κ1) is 16.5. The summed E-state index contributed by atoms with van der Waals surface area (Å²) in [7, 11) is 1.64. The molecule has 1 aromatic carbocycles. The number of nitrogens with zero attached hydrogens (tertiary/aromatic N) is 5. The molecular weight excluding hydrogens is 338 g/mol. The van der Waals surface area contributed by atoms with Crippen molar-refractivity contribution in [3.63, 3.8) is 0 Å². The summed E-state index contributed by atoms with van der Waals surface area (Å²) in [4.78, 5) is 17.2. The fourth-order valence-corrected chi connectivity index (χ4v) is 4.18. The van der Waals surface area contributed by atoms with Gasteiger partial charge in [0.05, 0.1) is 0 Å². The highest BCUT2D eigenvalue weighted by atomic mass is 35.5. The molecule has 2 unspecified atom stereocenters. The Hall–Kier alpha value is -1.92. The van der Waals surface area contributed by atoms with Gasteiger partial charge < -0.3 is 4.90 Å². The Balaban J connectivity index is 1.54. The van der Waals surface area contributed by atoms with E-state index in [4.69, 9.17) is 11.6 Å². The van der Waals surface area contributed by atoms with Crippen molar-refractivity contribution >= 4 is 17.4 Å². The molecule has 0 radical (unpaired) electrons. The van der Waals surface area contributed by atoms with Crippen LogP contribution in [0.15, 0.2) is 35.1 Å². The second-order valence-corrected chi connectivity index (χ2v) is 7.31. The zero-order chi connectivity index (χ0) is 17.4. The van der Waals surface area contributed by atoms with E-state index in [2.05, 4.69) is 44.3 Å². The molecule has 132 valence electrons. The van der Waals surface area contributed by atoms with E-state index in [0.717, 1.165) is 39.0 Å². The summed E-state index contributed by atoms with van der Waals surface area (Å²) in [6, 6.07) is 10.9. The summed E-state index contributed by atoms with van der Waals surface area (Å²) in [6.45, 7) is 3.86. The SMILES string of the molecule is Cn1c(Cl)nnc(N2CCC3CCN(Cc4ccccc4)CC32)c1=O. The molecule has 1 aromatic heterocycles. The number of benzene rings is 1. The number of hydrogen-bond acceptors (Lipinski definition) is 5. The molecule has 7 heteroatoms. The van der Waals surface area contributed by atoms with Gasteiger partial charge in [-0.3, -0.25) is 14.3 Å². The molecular formula is C18H22ClN5O. The summed E-state index contributed by atoms with van der Waals surface area (Å²) >= 11 is 5.91. The highest BCUT2D eigenvalue weighted by Gasteiger charge is 2.40. The zero-order valence-corrected chi connectivity index (χ0v) is 15.1. The van der Waals surface area contributed by atoms with Crippen LogP contribution in [0.3, 0.4) is 0 Å². The maximum Gasteiger partial charge on any atom is 0.297 e. The predicted octanol–water partition coefficient (Wildman–Crippen LogP) is 1.93. The molecule has 2 aliphatic rings. The van der Waals surface area contributed by atoms with Crippen LogP contribution >= 0.6 is 11.6 Å². The van der Waals surface area contributed by atoms with Crippen LogP contribution in [0.25, 0.3) is 0 Å². The lowest BCUT2D eigenvalue weighted by atomic mass is 9.92. The van der Waals surface area contributed by atoms with Gasteiger partial charge in [0.1, 0.15) is 0 Å². The van der Waals surface area contributed by atoms with E-state index in [-0.39, 0.29) is 10.8 Å². The van der Waals surface area contributed by atoms with E-state index in [0.29, 0.717) is 17.8 Å². The van der Waals surface area contributed by atoms with Crippen LogP contribution in [0, 0.1) is 5.92 Å². The molecule has 0 saturated carbocycles. The van der Waals surface area contributed by atoms with Crippen LogP contribution in [0.4, 0.5) is 5.82 Å². The lowest BCUT2D eigenvalue weighted by molar-refractivity contribution is 0.167. The smallest absolute Gasteiger partial charge is 0.297 e. The minimum Gasteiger partial charge on any atom is -0.346 e. The van der Waals surface area contributed by atoms with E-state index in [1.54, 1.807) is 7.05 Å². The average Bonchev–Trinajstić information content (AvgIpc) is 3.04. The normalized spacial score (nSPS) is 23.7. The topological polar surface area (TPSA) is 54.3 Å². The first-order valence-electron chi connectivity index (χ1n) is 8.75. The second-order valence-electron chi connectivity index (χ2n) is 6.98. The highest BCUT2D eigenvalue weighted by Crippen LogP contribution is 2.33. The molecule has 2 saturated heterocycles. The molecule has 2 aromatic rings. The maximum atomic E-state index is 12.5. The van der Waals surface area contributed by atoms with Gasteiger partial charge in [0, 0.05) is 32.7 Å². The van der Waals surface area contributed by atoms with Gasteiger partial charge in [-0.1, -0.05) is 30.3 Å². The number of piperidine rings is 1. The van der Waals surface area contributed by atoms with Gasteiger partial charge in [0.25, 0.3) is 5.56 Å². The van der Waals surface area contributed by atoms with Crippen molar-refractivity contribution in [1.29, 1.82) is 0 Å². The van der Waals surface area contributed by atoms with Crippen LogP contribution < -0.4 is 10.5 Å². The predicted molar refractivity (Wildman–Crippen MR) is 97.9 cm³/mol. The number of hydrogen-bond donors (Lipinski definition) is 0. The maximum absolute atomic E-state index is 12.5. The number of likely N-dealkylation sites (tertiary alicyclic amines) is 1. The average molecular weight is 360 g/mol. The number of halogens is 1. The van der Waals surface area contributed by atoms with Gasteiger partial charge in [-0.05, 0) is 42.5 Å². The van der Waals surface area contributed by atoms with Crippen molar-refractivity contribution in [2.24, 2.45) is 13.0 Å². The molecule has 0 spiro atoms. The fraction of sp³-hybridized carbons (Fsp3) is 0.500. The zero-order valence-electron chi connectivity index (χ0n) is 14.3. The van der Waals surface area contributed by atoms with Crippen molar-refractivity contribution in [2.75, 3.05) is 24.5 Å². The van der Waals surface area contributed by atoms with E-state index in [1.165, 1.54) is 10.1 Å². The van der Waals surface area contributed by atoms with Crippen molar-refractivity contribution in [3.05, 3.63) is 51.5 Å². The third-order valence-electron chi connectivity index (χ3n) is 5.47. The minimum absolute atomic E-state index is 0.124. The van der Waals surface area contributed by atoms with Crippen molar-refractivity contribution in [3.8, 4) is 0 Å². The van der Waals surface area contributed by atoms with Crippen molar-refractivity contribution in [2.45, 2.75) is 25.4 Å². The number of anilines is 1. The minimum atomic E-state index is -0.166. The van der Waals surface area contributed by atoms with Crippen LogP contribution in [-0.4, -0.2) is 45.3 Å². The van der Waals surface area contributed by atoms with Crippen LogP contribution in [0.2, 0.25) is 5.28 Å². The fourth-order valence-electron chi connectivity index (χ4n) is 4.07. The first-order chi connectivity index (χ1) is 12.1. The highest BCUT2D eigenvalue weighted by molar-refractivity contribution is 6.28. The monoisotopic (exact) mass is 359 g/mol. The molecule has 2 fully saturated rings. The number of aromatic nitrogens is 3. The molecule has 2 atom stereocenters. The Kier molecular flexibility index (Phi) is 4.48. The van der Waals surface area contributed by atoms with E-state index in [9.17, 15) is 4.79 Å². The van der Waals surface area contributed by atoms with Crippen molar-refractivity contribution < 1.29 is 0 Å². The van der Waals surface area contributed by atoms with E-state index >= 15 is 0 Å². The standard InChI is InChI=1S/C18H22ClN5O/c1-22-17(25)16(20-21-18(22)19)24-10-8-14-7-9-23(12-15(14)24)11-13-5-3-2-4-6-13/h2-6,14-15H,7-12H2,1H3. The molecule has 6 nitrogen and oxygen atoms in total. The summed E-state index contributed by atoms with van der Waals surface area (Å²) in [5.74, 6) is 1.05. The van der Waals surface area contributed by atoms with Crippen molar-refractivity contribution in [1.82, 2.24) is 19.7 Å². The van der Waals surface area contributed by atoms with Gasteiger partial charge in [0.2, 0.25) is 11.1 Å². The first-order valence-corrected chi connectivity index (χ1v) is 9.13. The Morgan fingerprint density at radius 3 is 2.72 bits per heavy atom. The van der Waals surface area contributed by atoms with Gasteiger partial charge in [-0.25, -0.2) is 0 Å². The third kappa shape index (κ3) is 3.16. The molecule has 25 heavy (non-hydrogen) atoms. The van der Waals surface area contributed by atoms with Crippen LogP contribution in [-0.2, 0) is 13.6 Å². The van der Waals surface area contributed by atoms with Gasteiger partial charge in [-0.2, -0.15) is 0 Å². The van der Waals surface area contributed by atoms with Gasteiger partial charge in [0.15, 0.2) is 0 Å². The summed E-state index contributed by atoms with van der Waals surface area (Å²) in [5.41, 5.74) is 1.16. The second kappa shape index (κ2) is 6.77. The molecule has 0 amide bonds. The molecule has 0 bridgehead atoms. The summed E-state index contributed by atoms with van der Waals surface area (Å²) in [6.07, 6.45) is 2.27. The molecule has 4 rings (SSSR count). The third-order valence-corrected chi connectivity index (χ3v) is 5.80. The molecule has 2 aliphatic heterocycles.